The Kier molecular flexibility index (Phi) is 5.84. The van der Waals surface area contributed by atoms with E-state index >= 15 is 0 Å². The summed E-state index contributed by atoms with van der Waals surface area (Å²) >= 11 is 15.8. The molecule has 3 aromatic rings. The minimum Gasteiger partial charge on any atom is -0.382 e. The highest BCUT2D eigenvalue weighted by molar-refractivity contribution is 9.10. The summed E-state index contributed by atoms with van der Waals surface area (Å²) in [5.41, 5.74) is 2.33. The van der Waals surface area contributed by atoms with Crippen LogP contribution >= 0.6 is 39.1 Å². The van der Waals surface area contributed by atoms with Crippen LogP contribution in [-0.2, 0) is 16.2 Å². The van der Waals surface area contributed by atoms with Crippen molar-refractivity contribution in [1.82, 2.24) is 14.8 Å². The smallest absolute Gasteiger partial charge is 0.271 e. The largest absolute Gasteiger partial charge is 0.382 e. The van der Waals surface area contributed by atoms with Gasteiger partial charge in [-0.25, -0.2) is 9.67 Å². The maximum absolute atomic E-state index is 12.5. The third-order valence-corrected chi connectivity index (χ3v) is 5.47. The molecule has 1 atom stereocenters. The monoisotopic (exact) mass is 493 g/mol. The molecular formula is C19H14BrCl2N5O2. The van der Waals surface area contributed by atoms with Gasteiger partial charge in [0.05, 0.1) is 12.3 Å². The second kappa shape index (κ2) is 8.52. The number of carbonyl (C=O) groups excluding carboxylic acids is 1. The van der Waals surface area contributed by atoms with Crippen LogP contribution in [0.5, 0.6) is 0 Å². The van der Waals surface area contributed by atoms with Crippen LogP contribution in [0, 0.1) is 0 Å². The molecule has 2 heterocycles. The number of benzene rings is 2. The first-order chi connectivity index (χ1) is 14.0. The molecule has 0 fully saturated rings. The van der Waals surface area contributed by atoms with Crippen LogP contribution in [0.25, 0.3) is 0 Å². The highest BCUT2D eigenvalue weighted by atomic mass is 79.9. The van der Waals surface area contributed by atoms with Crippen molar-refractivity contribution in [3.05, 3.63) is 74.4 Å². The molecule has 4 rings (SSSR count). The Bertz CT molecular complexity index is 1080. The molecule has 1 N–H and O–H groups in total. The molecule has 7 nitrogen and oxygen atoms in total. The van der Waals surface area contributed by atoms with Crippen LogP contribution in [0.1, 0.15) is 17.5 Å². The SMILES string of the molecule is O=C(Nc1ncn(Cc2c(Cl)cccc2Cl)n1)C1CC(c2cccc(Br)c2)=NO1. The number of amides is 1. The van der Waals surface area contributed by atoms with E-state index in [1.54, 1.807) is 22.9 Å². The summed E-state index contributed by atoms with van der Waals surface area (Å²) in [5.74, 6) is -0.204. The van der Waals surface area contributed by atoms with Gasteiger partial charge in [0, 0.05) is 32.1 Å². The molecule has 29 heavy (non-hydrogen) atoms. The maximum atomic E-state index is 12.5. The number of nitrogens with one attached hydrogen (secondary N) is 1. The Labute approximate surface area is 184 Å². The normalized spacial score (nSPS) is 15.7. The molecule has 0 bridgehead atoms. The minimum absolute atomic E-state index is 0.165. The standard InChI is InChI=1S/C19H14BrCl2N5O2/c20-12-4-1-3-11(7-12)16-8-17(29-26-16)18(28)24-19-23-10-27(25-19)9-13-14(21)5-2-6-15(13)22/h1-7,10,17H,8-9H2,(H,24,25,28). The van der Waals surface area contributed by atoms with Gasteiger partial charge in [-0.3, -0.25) is 10.1 Å². The van der Waals surface area contributed by atoms with Crippen molar-refractivity contribution in [2.75, 3.05) is 5.32 Å². The Hall–Kier alpha value is -2.42. The second-order valence-corrected chi connectivity index (χ2v) is 8.03. The van der Waals surface area contributed by atoms with Gasteiger partial charge in [0.25, 0.3) is 5.91 Å². The van der Waals surface area contributed by atoms with Crippen molar-refractivity contribution in [3.63, 3.8) is 0 Å². The molecule has 1 amide bonds. The lowest BCUT2D eigenvalue weighted by atomic mass is 10.0. The van der Waals surface area contributed by atoms with Crippen molar-refractivity contribution < 1.29 is 9.63 Å². The molecule has 1 aliphatic rings. The van der Waals surface area contributed by atoms with E-state index in [-0.39, 0.29) is 11.9 Å². The molecule has 10 heteroatoms. The Morgan fingerprint density at radius 3 is 2.76 bits per heavy atom. The number of rotatable bonds is 5. The fraction of sp³-hybridized carbons (Fsp3) is 0.158. The van der Waals surface area contributed by atoms with Gasteiger partial charge >= 0.3 is 0 Å². The van der Waals surface area contributed by atoms with E-state index in [9.17, 15) is 4.79 Å². The zero-order valence-corrected chi connectivity index (χ0v) is 17.9. The highest BCUT2D eigenvalue weighted by Crippen LogP contribution is 2.25. The van der Waals surface area contributed by atoms with Crippen molar-refractivity contribution in [2.45, 2.75) is 19.1 Å². The average Bonchev–Trinajstić information content (AvgIpc) is 3.35. The first-order valence-corrected chi connectivity index (χ1v) is 10.2. The molecule has 0 saturated heterocycles. The number of halogens is 3. The first-order valence-electron chi connectivity index (χ1n) is 8.61. The van der Waals surface area contributed by atoms with Crippen molar-refractivity contribution in [1.29, 1.82) is 0 Å². The zero-order chi connectivity index (χ0) is 20.4. The van der Waals surface area contributed by atoms with Crippen LogP contribution in [0.3, 0.4) is 0 Å². The summed E-state index contributed by atoms with van der Waals surface area (Å²) in [6.07, 6.45) is 1.11. The molecule has 1 aromatic heterocycles. The van der Waals surface area contributed by atoms with Gasteiger partial charge in [-0.15, -0.1) is 5.10 Å². The van der Waals surface area contributed by atoms with E-state index in [0.29, 0.717) is 28.7 Å². The van der Waals surface area contributed by atoms with Crippen LogP contribution < -0.4 is 5.32 Å². The topological polar surface area (TPSA) is 81.4 Å². The lowest BCUT2D eigenvalue weighted by Gasteiger charge is -2.07. The van der Waals surface area contributed by atoms with Gasteiger partial charge in [-0.2, -0.15) is 0 Å². The van der Waals surface area contributed by atoms with E-state index in [2.05, 4.69) is 36.5 Å². The first kappa shape index (κ1) is 19.9. The molecular weight excluding hydrogens is 481 g/mol. The van der Waals surface area contributed by atoms with Crippen LogP contribution in [0.2, 0.25) is 10.0 Å². The number of hydrogen-bond acceptors (Lipinski definition) is 5. The van der Waals surface area contributed by atoms with E-state index in [1.165, 1.54) is 6.33 Å². The number of hydrogen-bond donors (Lipinski definition) is 1. The molecule has 148 valence electrons. The van der Waals surface area contributed by atoms with Gasteiger partial charge in [-0.05, 0) is 24.3 Å². The predicted octanol–water partition coefficient (Wildman–Crippen LogP) is 4.53. The van der Waals surface area contributed by atoms with Gasteiger partial charge in [0.2, 0.25) is 12.1 Å². The second-order valence-electron chi connectivity index (χ2n) is 6.30. The third kappa shape index (κ3) is 4.60. The fourth-order valence-electron chi connectivity index (χ4n) is 2.82. The van der Waals surface area contributed by atoms with Crippen LogP contribution in [0.4, 0.5) is 5.95 Å². The van der Waals surface area contributed by atoms with Crippen LogP contribution in [-0.4, -0.2) is 32.5 Å². The van der Waals surface area contributed by atoms with Crippen molar-refractivity contribution >= 4 is 56.7 Å². The summed E-state index contributed by atoms with van der Waals surface area (Å²) in [5, 5.41) is 12.0. The molecule has 0 saturated carbocycles. The molecule has 0 radical (unpaired) electrons. The van der Waals surface area contributed by atoms with Crippen molar-refractivity contribution in [2.24, 2.45) is 5.16 Å². The summed E-state index contributed by atoms with van der Waals surface area (Å²) < 4.78 is 2.47. The summed E-state index contributed by atoms with van der Waals surface area (Å²) in [7, 11) is 0. The van der Waals surface area contributed by atoms with Crippen LogP contribution in [0.15, 0.2) is 58.4 Å². The number of oxime groups is 1. The van der Waals surface area contributed by atoms with Crippen molar-refractivity contribution in [3.8, 4) is 0 Å². The van der Waals surface area contributed by atoms with E-state index in [4.69, 9.17) is 28.0 Å². The van der Waals surface area contributed by atoms with Gasteiger partial charge in [-0.1, -0.05) is 62.5 Å². The molecule has 2 aromatic carbocycles. The lowest BCUT2D eigenvalue weighted by Crippen LogP contribution is -2.28. The van der Waals surface area contributed by atoms with Gasteiger partial charge in [0.1, 0.15) is 6.33 Å². The maximum Gasteiger partial charge on any atom is 0.271 e. The molecule has 0 spiro atoms. The molecule has 0 aliphatic carbocycles. The van der Waals surface area contributed by atoms with E-state index in [1.807, 2.05) is 24.3 Å². The number of carbonyl (C=O) groups is 1. The number of aromatic nitrogens is 3. The zero-order valence-electron chi connectivity index (χ0n) is 14.8. The Balaban J connectivity index is 1.38. The third-order valence-electron chi connectivity index (χ3n) is 4.27. The summed E-state index contributed by atoms with van der Waals surface area (Å²) in [6.45, 7) is 0.331. The average molecular weight is 495 g/mol. The highest BCUT2D eigenvalue weighted by Gasteiger charge is 2.29. The Morgan fingerprint density at radius 1 is 1.24 bits per heavy atom. The lowest BCUT2D eigenvalue weighted by molar-refractivity contribution is -0.125. The fourth-order valence-corrected chi connectivity index (χ4v) is 3.74. The molecule has 1 unspecified atom stereocenters. The predicted molar refractivity (Wildman–Crippen MR) is 114 cm³/mol. The van der Waals surface area contributed by atoms with E-state index in [0.717, 1.165) is 15.6 Å². The molecule has 1 aliphatic heterocycles. The Morgan fingerprint density at radius 2 is 2.00 bits per heavy atom. The number of nitrogens with zero attached hydrogens (tertiary/aromatic N) is 4. The van der Waals surface area contributed by atoms with E-state index < -0.39 is 6.10 Å². The quantitative estimate of drug-likeness (QED) is 0.565. The van der Waals surface area contributed by atoms with Gasteiger partial charge < -0.3 is 4.84 Å². The summed E-state index contributed by atoms with van der Waals surface area (Å²) in [4.78, 5) is 21.9. The minimum atomic E-state index is -0.742. The summed E-state index contributed by atoms with van der Waals surface area (Å²) in [6, 6.07) is 12.9. The number of anilines is 1. The van der Waals surface area contributed by atoms with Gasteiger partial charge in [0.15, 0.2) is 0 Å².